The Bertz CT molecular complexity index is 320. The quantitative estimate of drug-likeness (QED) is 0.274. The van der Waals surface area contributed by atoms with Gasteiger partial charge in [-0.2, -0.15) is 0 Å². The third-order valence-corrected chi connectivity index (χ3v) is 3.27. The Morgan fingerprint density at radius 3 is 1.57 bits per heavy atom. The van der Waals surface area contributed by atoms with E-state index in [4.69, 9.17) is 0 Å². The van der Waals surface area contributed by atoms with Crippen LogP contribution in [0.1, 0.15) is 79.1 Å². The summed E-state index contributed by atoms with van der Waals surface area (Å²) < 4.78 is 0. The fourth-order valence-electron chi connectivity index (χ4n) is 2.02. The van der Waals surface area contributed by atoms with Crippen molar-refractivity contribution in [2.24, 2.45) is 5.41 Å². The highest BCUT2D eigenvalue weighted by molar-refractivity contribution is 4.99. The molecular weight excluding hydrogens is 252 g/mol. The lowest BCUT2D eigenvalue weighted by atomic mass is 9.89. The molecule has 0 aliphatic carbocycles. The van der Waals surface area contributed by atoms with Gasteiger partial charge < -0.3 is 0 Å². The van der Waals surface area contributed by atoms with Crippen molar-refractivity contribution in [3.8, 4) is 0 Å². The van der Waals surface area contributed by atoms with E-state index >= 15 is 0 Å². The van der Waals surface area contributed by atoms with E-state index in [9.17, 15) is 0 Å². The Kier molecular flexibility index (Phi) is 13.2. The smallest absolute Gasteiger partial charge is 0.0169 e. The van der Waals surface area contributed by atoms with Gasteiger partial charge in [-0.1, -0.05) is 82.7 Å². The lowest BCUT2D eigenvalue weighted by Crippen LogP contribution is -2.03. The summed E-state index contributed by atoms with van der Waals surface area (Å²) in [5.41, 5.74) is 0.492. The van der Waals surface area contributed by atoms with Crippen molar-refractivity contribution >= 4 is 0 Å². The Balaban J connectivity index is 3.42. The van der Waals surface area contributed by atoms with E-state index in [-0.39, 0.29) is 0 Å². The average Bonchev–Trinajstić information content (AvgIpc) is 2.42. The number of unbranched alkanes of at least 4 members (excludes halogenated alkanes) is 2. The van der Waals surface area contributed by atoms with Gasteiger partial charge in [-0.25, -0.2) is 0 Å². The van der Waals surface area contributed by atoms with Crippen LogP contribution < -0.4 is 0 Å². The highest BCUT2D eigenvalue weighted by atomic mass is 14.1. The van der Waals surface area contributed by atoms with Gasteiger partial charge in [-0.15, -0.1) is 0 Å². The summed E-state index contributed by atoms with van der Waals surface area (Å²) in [6.07, 6.45) is 27.6. The Labute approximate surface area is 133 Å². The van der Waals surface area contributed by atoms with Crippen LogP contribution in [0.15, 0.2) is 48.6 Å². The van der Waals surface area contributed by atoms with Crippen LogP contribution in [0, 0.1) is 5.41 Å². The summed E-state index contributed by atoms with van der Waals surface area (Å²) >= 11 is 0. The van der Waals surface area contributed by atoms with Crippen LogP contribution in [0.4, 0.5) is 0 Å². The summed E-state index contributed by atoms with van der Waals surface area (Å²) in [5.74, 6) is 0. The molecule has 0 unspecified atom stereocenters. The van der Waals surface area contributed by atoms with Crippen LogP contribution in [0.25, 0.3) is 0 Å². The SMILES string of the molecule is CC/C=C\C/C=C\C/C=C\C/C=C\CCCCC(C)(C)C. The minimum atomic E-state index is 0.492. The van der Waals surface area contributed by atoms with E-state index < -0.39 is 0 Å². The summed E-state index contributed by atoms with van der Waals surface area (Å²) in [6, 6.07) is 0. The Morgan fingerprint density at radius 1 is 0.619 bits per heavy atom. The average molecular weight is 289 g/mol. The van der Waals surface area contributed by atoms with Gasteiger partial charge in [0.1, 0.15) is 0 Å². The molecule has 120 valence electrons. The maximum Gasteiger partial charge on any atom is -0.0169 e. The molecule has 0 aromatic carbocycles. The molecule has 0 aliphatic heterocycles. The van der Waals surface area contributed by atoms with Crippen molar-refractivity contribution in [2.75, 3.05) is 0 Å². The summed E-state index contributed by atoms with van der Waals surface area (Å²) in [5, 5.41) is 0. The van der Waals surface area contributed by atoms with Crippen molar-refractivity contribution in [1.82, 2.24) is 0 Å². The molecule has 0 amide bonds. The molecule has 0 N–H and O–H groups in total. The second kappa shape index (κ2) is 13.9. The molecule has 0 spiro atoms. The van der Waals surface area contributed by atoms with Gasteiger partial charge >= 0.3 is 0 Å². The first-order chi connectivity index (χ1) is 10.1. The third kappa shape index (κ3) is 19.0. The molecule has 0 atom stereocenters. The zero-order valence-electron chi connectivity index (χ0n) is 14.8. The molecule has 0 aliphatic rings. The van der Waals surface area contributed by atoms with Crippen LogP contribution in [0.2, 0.25) is 0 Å². The van der Waals surface area contributed by atoms with Crippen molar-refractivity contribution in [3.63, 3.8) is 0 Å². The minimum Gasteiger partial charge on any atom is -0.0885 e. The summed E-state index contributed by atoms with van der Waals surface area (Å²) in [4.78, 5) is 0. The molecule has 0 radical (unpaired) electrons. The molecule has 0 nitrogen and oxygen atoms in total. The van der Waals surface area contributed by atoms with Crippen LogP contribution in [0.3, 0.4) is 0 Å². The molecule has 0 bridgehead atoms. The zero-order chi connectivity index (χ0) is 15.8. The van der Waals surface area contributed by atoms with Crippen molar-refractivity contribution in [3.05, 3.63) is 48.6 Å². The maximum atomic E-state index is 2.33. The van der Waals surface area contributed by atoms with E-state index in [0.717, 1.165) is 25.7 Å². The molecule has 21 heavy (non-hydrogen) atoms. The third-order valence-electron chi connectivity index (χ3n) is 3.27. The first-order valence-electron chi connectivity index (χ1n) is 8.66. The fraction of sp³-hybridized carbons (Fsp3) is 0.619. The minimum absolute atomic E-state index is 0.492. The molecule has 0 rings (SSSR count). The van der Waals surface area contributed by atoms with Crippen molar-refractivity contribution in [2.45, 2.75) is 79.1 Å². The Hall–Kier alpha value is -1.04. The van der Waals surface area contributed by atoms with Crippen LogP contribution >= 0.6 is 0 Å². The molecule has 0 heteroatoms. The van der Waals surface area contributed by atoms with Crippen LogP contribution in [0.5, 0.6) is 0 Å². The van der Waals surface area contributed by atoms with Gasteiger partial charge in [0.15, 0.2) is 0 Å². The highest BCUT2D eigenvalue weighted by Crippen LogP contribution is 2.21. The van der Waals surface area contributed by atoms with Gasteiger partial charge in [0, 0.05) is 0 Å². The van der Waals surface area contributed by atoms with Crippen molar-refractivity contribution in [1.29, 1.82) is 0 Å². The monoisotopic (exact) mass is 288 g/mol. The van der Waals surface area contributed by atoms with E-state index in [1.54, 1.807) is 0 Å². The van der Waals surface area contributed by atoms with E-state index in [1.807, 2.05) is 0 Å². The van der Waals surface area contributed by atoms with Gasteiger partial charge in [0.2, 0.25) is 0 Å². The largest absolute Gasteiger partial charge is 0.0885 e. The number of rotatable bonds is 11. The van der Waals surface area contributed by atoms with Gasteiger partial charge in [0.05, 0.1) is 0 Å². The molecule has 0 saturated heterocycles. The molecule has 0 aromatic heterocycles. The predicted octanol–water partition coefficient (Wildman–Crippen LogP) is 7.40. The van der Waals surface area contributed by atoms with E-state index in [1.165, 1.54) is 25.7 Å². The van der Waals surface area contributed by atoms with Crippen LogP contribution in [-0.2, 0) is 0 Å². The van der Waals surface area contributed by atoms with E-state index in [0.29, 0.717) is 5.41 Å². The Morgan fingerprint density at radius 2 is 1.10 bits per heavy atom. The molecule has 0 aromatic rings. The standard InChI is InChI=1S/C21H36/c1-5-6-7-8-9-10-11-12-13-14-15-16-17-18-19-20-21(2,3)4/h6-7,9-10,12-13,15-16H,5,8,11,14,17-20H2,1-4H3/b7-6-,10-9-,13-12-,16-15-. The maximum absolute atomic E-state index is 2.33. The van der Waals surface area contributed by atoms with Crippen molar-refractivity contribution < 1.29 is 0 Å². The first kappa shape index (κ1) is 20.0. The fourth-order valence-corrected chi connectivity index (χ4v) is 2.02. The molecule has 0 heterocycles. The van der Waals surface area contributed by atoms with Gasteiger partial charge in [-0.3, -0.25) is 0 Å². The molecule has 0 fully saturated rings. The summed E-state index contributed by atoms with van der Waals surface area (Å²) in [6.45, 7) is 9.13. The van der Waals surface area contributed by atoms with Gasteiger partial charge in [-0.05, 0) is 50.4 Å². The zero-order valence-corrected chi connectivity index (χ0v) is 14.8. The molecular formula is C21H36. The topological polar surface area (TPSA) is 0 Å². The highest BCUT2D eigenvalue weighted by Gasteiger charge is 2.08. The molecule has 0 saturated carbocycles. The second-order valence-corrected chi connectivity index (χ2v) is 6.81. The number of hydrogen-bond donors (Lipinski definition) is 0. The second-order valence-electron chi connectivity index (χ2n) is 6.81. The lowest BCUT2D eigenvalue weighted by Gasteiger charge is -2.16. The lowest BCUT2D eigenvalue weighted by molar-refractivity contribution is 0.361. The van der Waals surface area contributed by atoms with Crippen LogP contribution in [-0.4, -0.2) is 0 Å². The number of allylic oxidation sites excluding steroid dienone is 8. The predicted molar refractivity (Wildman–Crippen MR) is 98.6 cm³/mol. The van der Waals surface area contributed by atoms with Gasteiger partial charge in [0.25, 0.3) is 0 Å². The van der Waals surface area contributed by atoms with E-state index in [2.05, 4.69) is 76.3 Å². The first-order valence-corrected chi connectivity index (χ1v) is 8.66. The normalized spacial score (nSPS) is 13.5. The number of hydrogen-bond acceptors (Lipinski definition) is 0. The summed E-state index contributed by atoms with van der Waals surface area (Å²) in [7, 11) is 0.